The Labute approximate surface area is 120 Å². The molecule has 2 rings (SSSR count). The molecule has 2 atom stereocenters. The Morgan fingerprint density at radius 2 is 2.10 bits per heavy atom. The highest BCUT2D eigenvalue weighted by Gasteiger charge is 2.47. The molecule has 1 aliphatic rings. The highest BCUT2D eigenvalue weighted by molar-refractivity contribution is 5.88. The standard InChI is InChI=1S/C14H15F3N2O2/c1-19-8-9(7-18)6-11(19)13(20)21-12-5-3-2-4-10(12)14(15,16)17/h6,8,10,12H,2-5H2,1H3/t10-,12-/m0/s1. The van der Waals surface area contributed by atoms with Gasteiger partial charge < -0.3 is 9.30 Å². The number of alkyl halides is 3. The zero-order valence-electron chi connectivity index (χ0n) is 11.5. The van der Waals surface area contributed by atoms with Crippen LogP contribution in [0.4, 0.5) is 13.2 Å². The van der Waals surface area contributed by atoms with Gasteiger partial charge in [0.2, 0.25) is 0 Å². The second-order valence-corrected chi connectivity index (χ2v) is 5.21. The van der Waals surface area contributed by atoms with Crippen molar-refractivity contribution in [2.24, 2.45) is 13.0 Å². The van der Waals surface area contributed by atoms with Crippen molar-refractivity contribution in [2.75, 3.05) is 0 Å². The van der Waals surface area contributed by atoms with Crippen LogP contribution in [0.25, 0.3) is 0 Å². The van der Waals surface area contributed by atoms with E-state index >= 15 is 0 Å². The summed E-state index contributed by atoms with van der Waals surface area (Å²) in [5.74, 6) is -2.42. The highest BCUT2D eigenvalue weighted by Crippen LogP contribution is 2.39. The third-order valence-corrected chi connectivity index (χ3v) is 3.72. The summed E-state index contributed by atoms with van der Waals surface area (Å²) in [5, 5.41) is 8.76. The Morgan fingerprint density at radius 3 is 2.67 bits per heavy atom. The van der Waals surface area contributed by atoms with Gasteiger partial charge in [0.15, 0.2) is 0 Å². The first-order chi connectivity index (χ1) is 9.82. The molecule has 0 spiro atoms. The molecule has 1 fully saturated rings. The molecule has 1 aromatic rings. The minimum absolute atomic E-state index is 0.0158. The fraction of sp³-hybridized carbons (Fsp3) is 0.571. The van der Waals surface area contributed by atoms with E-state index in [1.54, 1.807) is 7.05 Å². The summed E-state index contributed by atoms with van der Waals surface area (Å²) in [7, 11) is 1.54. The molecule has 1 saturated carbocycles. The van der Waals surface area contributed by atoms with E-state index in [4.69, 9.17) is 10.00 Å². The summed E-state index contributed by atoms with van der Waals surface area (Å²) in [4.78, 5) is 12.0. The van der Waals surface area contributed by atoms with Crippen molar-refractivity contribution in [1.29, 1.82) is 5.26 Å². The summed E-state index contributed by atoms with van der Waals surface area (Å²) >= 11 is 0. The average molecular weight is 300 g/mol. The molecule has 114 valence electrons. The summed E-state index contributed by atoms with van der Waals surface area (Å²) in [6.07, 6.45) is -2.78. The molecular formula is C14H15F3N2O2. The van der Waals surface area contributed by atoms with Crippen LogP contribution in [0.15, 0.2) is 12.3 Å². The number of aromatic nitrogens is 1. The van der Waals surface area contributed by atoms with Gasteiger partial charge in [0.1, 0.15) is 17.9 Å². The maximum atomic E-state index is 12.9. The second-order valence-electron chi connectivity index (χ2n) is 5.21. The van der Waals surface area contributed by atoms with Crippen LogP contribution in [0, 0.1) is 17.2 Å². The number of nitrogens with zero attached hydrogens (tertiary/aromatic N) is 2. The van der Waals surface area contributed by atoms with Crippen molar-refractivity contribution in [3.05, 3.63) is 23.5 Å². The number of carbonyl (C=O) groups is 1. The quantitative estimate of drug-likeness (QED) is 0.788. The Kier molecular flexibility index (Phi) is 4.26. The van der Waals surface area contributed by atoms with Crippen LogP contribution in [0.5, 0.6) is 0 Å². The Hall–Kier alpha value is -1.97. The van der Waals surface area contributed by atoms with Gasteiger partial charge in [-0.2, -0.15) is 18.4 Å². The molecule has 0 aromatic carbocycles. The minimum Gasteiger partial charge on any atom is -0.457 e. The number of hydrogen-bond acceptors (Lipinski definition) is 3. The van der Waals surface area contributed by atoms with E-state index in [9.17, 15) is 18.0 Å². The number of esters is 1. The van der Waals surface area contributed by atoms with Gasteiger partial charge >= 0.3 is 12.1 Å². The molecule has 0 amide bonds. The lowest BCUT2D eigenvalue weighted by molar-refractivity contribution is -0.207. The van der Waals surface area contributed by atoms with E-state index < -0.39 is 24.2 Å². The first-order valence-electron chi connectivity index (χ1n) is 6.67. The van der Waals surface area contributed by atoms with Gasteiger partial charge in [-0.05, 0) is 25.3 Å². The summed E-state index contributed by atoms with van der Waals surface area (Å²) in [6, 6.07) is 3.18. The lowest BCUT2D eigenvalue weighted by Gasteiger charge is -2.32. The predicted octanol–water partition coefficient (Wildman–Crippen LogP) is 3.17. The zero-order chi connectivity index (χ0) is 15.6. The van der Waals surface area contributed by atoms with Crippen molar-refractivity contribution in [3.63, 3.8) is 0 Å². The number of nitriles is 1. The van der Waals surface area contributed by atoms with Crippen molar-refractivity contribution in [2.45, 2.75) is 38.0 Å². The number of aryl methyl sites for hydroxylation is 1. The molecule has 1 heterocycles. The number of rotatable bonds is 2. The number of hydrogen-bond donors (Lipinski definition) is 0. The molecule has 0 unspecified atom stereocenters. The van der Waals surface area contributed by atoms with E-state index in [0.29, 0.717) is 12.8 Å². The highest BCUT2D eigenvalue weighted by atomic mass is 19.4. The maximum Gasteiger partial charge on any atom is 0.395 e. The molecule has 4 nitrogen and oxygen atoms in total. The monoisotopic (exact) mass is 300 g/mol. The van der Waals surface area contributed by atoms with E-state index in [2.05, 4.69) is 0 Å². The first-order valence-corrected chi connectivity index (χ1v) is 6.67. The summed E-state index contributed by atoms with van der Waals surface area (Å²) < 4.78 is 45.3. The van der Waals surface area contributed by atoms with Crippen molar-refractivity contribution < 1.29 is 22.7 Å². The van der Waals surface area contributed by atoms with Gasteiger partial charge in [0, 0.05) is 13.2 Å². The normalized spacial score (nSPS) is 22.6. The topological polar surface area (TPSA) is 55.0 Å². The van der Waals surface area contributed by atoms with Crippen molar-refractivity contribution >= 4 is 5.97 Å². The van der Waals surface area contributed by atoms with Crippen LogP contribution < -0.4 is 0 Å². The molecule has 0 saturated heterocycles. The fourth-order valence-electron chi connectivity index (χ4n) is 2.64. The van der Waals surface area contributed by atoms with Gasteiger partial charge in [-0.1, -0.05) is 6.42 Å². The summed E-state index contributed by atoms with van der Waals surface area (Å²) in [5.41, 5.74) is 0.346. The van der Waals surface area contributed by atoms with Gasteiger partial charge in [0.25, 0.3) is 0 Å². The molecule has 21 heavy (non-hydrogen) atoms. The van der Waals surface area contributed by atoms with Gasteiger partial charge in [-0.3, -0.25) is 0 Å². The smallest absolute Gasteiger partial charge is 0.395 e. The fourth-order valence-corrected chi connectivity index (χ4v) is 2.64. The minimum atomic E-state index is -4.36. The van der Waals surface area contributed by atoms with Gasteiger partial charge in [0.05, 0.1) is 11.5 Å². The Morgan fingerprint density at radius 1 is 1.43 bits per heavy atom. The molecule has 1 aliphatic carbocycles. The van der Waals surface area contributed by atoms with Gasteiger partial charge in [-0.15, -0.1) is 0 Å². The van der Waals surface area contributed by atoms with Crippen LogP contribution in [0.3, 0.4) is 0 Å². The molecule has 0 N–H and O–H groups in total. The van der Waals surface area contributed by atoms with E-state index in [-0.39, 0.29) is 24.1 Å². The van der Waals surface area contributed by atoms with Gasteiger partial charge in [-0.25, -0.2) is 4.79 Å². The lowest BCUT2D eigenvalue weighted by Crippen LogP contribution is -2.39. The molecule has 7 heteroatoms. The van der Waals surface area contributed by atoms with Crippen molar-refractivity contribution in [3.8, 4) is 6.07 Å². The number of ether oxygens (including phenoxy) is 1. The second kappa shape index (κ2) is 5.80. The molecular weight excluding hydrogens is 285 g/mol. The Balaban J connectivity index is 2.13. The lowest BCUT2D eigenvalue weighted by atomic mass is 9.86. The molecule has 0 aliphatic heterocycles. The molecule has 0 radical (unpaired) electrons. The summed E-state index contributed by atoms with van der Waals surface area (Å²) in [6.45, 7) is 0. The average Bonchev–Trinajstić information content (AvgIpc) is 2.79. The van der Waals surface area contributed by atoms with E-state index in [1.807, 2.05) is 6.07 Å². The third kappa shape index (κ3) is 3.38. The first kappa shape index (κ1) is 15.4. The van der Waals surface area contributed by atoms with E-state index in [1.165, 1.54) is 16.8 Å². The van der Waals surface area contributed by atoms with Crippen LogP contribution in [0.1, 0.15) is 41.7 Å². The molecule has 0 bridgehead atoms. The predicted molar refractivity (Wildman–Crippen MR) is 67.3 cm³/mol. The SMILES string of the molecule is Cn1cc(C#N)cc1C(=O)O[C@H]1CCCC[C@@H]1C(F)(F)F. The van der Waals surface area contributed by atoms with E-state index in [0.717, 1.165) is 0 Å². The molecule has 1 aromatic heterocycles. The van der Waals surface area contributed by atoms with Crippen LogP contribution in [0.2, 0.25) is 0 Å². The van der Waals surface area contributed by atoms with Crippen LogP contribution >= 0.6 is 0 Å². The number of halogens is 3. The van der Waals surface area contributed by atoms with Crippen LogP contribution in [-0.2, 0) is 11.8 Å². The number of carbonyl (C=O) groups excluding carboxylic acids is 1. The van der Waals surface area contributed by atoms with Crippen molar-refractivity contribution in [1.82, 2.24) is 4.57 Å². The zero-order valence-corrected chi connectivity index (χ0v) is 11.5. The van der Waals surface area contributed by atoms with Crippen LogP contribution in [-0.4, -0.2) is 22.8 Å². The largest absolute Gasteiger partial charge is 0.457 e. The maximum absolute atomic E-state index is 12.9. The third-order valence-electron chi connectivity index (χ3n) is 3.72. The Bertz CT molecular complexity index is 572.